The minimum absolute atomic E-state index is 0.0474. The van der Waals surface area contributed by atoms with Gasteiger partial charge in [0.25, 0.3) is 0 Å². The Bertz CT molecular complexity index is 952. The molecule has 2 nitrogen and oxygen atoms in total. The molecule has 0 bridgehead atoms. The first-order chi connectivity index (χ1) is 13.5. The molecular weight excluding hydrogens is 342 g/mol. The van der Waals surface area contributed by atoms with E-state index in [9.17, 15) is 4.79 Å². The molecule has 0 aliphatic heterocycles. The number of rotatable bonds is 6. The smallest absolute Gasteiger partial charge is 0.227 e. The van der Waals surface area contributed by atoms with Crippen molar-refractivity contribution < 1.29 is 4.79 Å². The van der Waals surface area contributed by atoms with E-state index in [1.165, 1.54) is 22.3 Å². The Morgan fingerprint density at radius 1 is 0.857 bits per heavy atom. The number of anilines is 1. The predicted octanol–water partition coefficient (Wildman–Crippen LogP) is 6.29. The molecule has 0 aromatic heterocycles. The topological polar surface area (TPSA) is 29.1 Å². The molecule has 1 atom stereocenters. The van der Waals surface area contributed by atoms with Crippen molar-refractivity contribution in [1.29, 1.82) is 0 Å². The molecule has 0 saturated heterocycles. The summed E-state index contributed by atoms with van der Waals surface area (Å²) in [5.41, 5.74) is 6.82. The van der Waals surface area contributed by atoms with Gasteiger partial charge < -0.3 is 5.32 Å². The second-order valence-electron chi connectivity index (χ2n) is 7.39. The maximum atomic E-state index is 12.5. The molecule has 0 radical (unpaired) electrons. The Morgan fingerprint density at radius 3 is 2.04 bits per heavy atom. The highest BCUT2D eigenvalue weighted by molar-refractivity contribution is 5.92. The molecule has 2 heteroatoms. The molecule has 1 amide bonds. The van der Waals surface area contributed by atoms with Gasteiger partial charge in [0, 0.05) is 11.6 Å². The predicted molar refractivity (Wildman–Crippen MR) is 119 cm³/mol. The fraction of sp³-hybridized carbons (Fsp3) is 0.192. The van der Waals surface area contributed by atoms with Crippen molar-refractivity contribution in [2.45, 2.75) is 27.2 Å². The van der Waals surface area contributed by atoms with Gasteiger partial charge in [-0.05, 0) is 54.7 Å². The molecule has 3 aromatic carbocycles. The first-order valence-corrected chi connectivity index (χ1v) is 9.71. The van der Waals surface area contributed by atoms with Crippen LogP contribution in [0.4, 0.5) is 5.69 Å². The second kappa shape index (κ2) is 9.18. The zero-order chi connectivity index (χ0) is 19.9. The molecule has 0 heterocycles. The summed E-state index contributed by atoms with van der Waals surface area (Å²) in [4.78, 5) is 12.5. The van der Waals surface area contributed by atoms with Crippen molar-refractivity contribution in [2.24, 2.45) is 5.92 Å². The van der Waals surface area contributed by atoms with Crippen LogP contribution >= 0.6 is 0 Å². The monoisotopic (exact) mass is 369 g/mol. The number of hydrogen-bond acceptors (Lipinski definition) is 1. The van der Waals surface area contributed by atoms with Crippen molar-refractivity contribution in [3.05, 3.63) is 101 Å². The molecule has 0 saturated carbocycles. The van der Waals surface area contributed by atoms with Gasteiger partial charge in [0.15, 0.2) is 0 Å². The number of benzene rings is 3. The van der Waals surface area contributed by atoms with Gasteiger partial charge >= 0.3 is 0 Å². The standard InChI is InChI=1S/C26H27NO/c1-19-8-10-22(11-9-19)12-13-23-14-16-25(17-15-23)27-26(28)21(3)18-24-7-5-4-6-20(24)2/h4-17,21H,18H2,1-3H3,(H,27,28)/b13-12+/t21-/m0/s1. The lowest BCUT2D eigenvalue weighted by Crippen LogP contribution is -2.22. The lowest BCUT2D eigenvalue weighted by Gasteiger charge is -2.14. The zero-order valence-electron chi connectivity index (χ0n) is 16.8. The van der Waals surface area contributed by atoms with Gasteiger partial charge in [-0.15, -0.1) is 0 Å². The fourth-order valence-corrected chi connectivity index (χ4v) is 3.07. The normalized spacial score (nSPS) is 12.1. The van der Waals surface area contributed by atoms with Crippen LogP contribution in [0.5, 0.6) is 0 Å². The Morgan fingerprint density at radius 2 is 1.43 bits per heavy atom. The van der Waals surface area contributed by atoms with Crippen molar-refractivity contribution >= 4 is 23.7 Å². The third-order valence-corrected chi connectivity index (χ3v) is 4.96. The minimum Gasteiger partial charge on any atom is -0.326 e. The number of aryl methyl sites for hydroxylation is 2. The van der Waals surface area contributed by atoms with Gasteiger partial charge in [0.05, 0.1) is 0 Å². The quantitative estimate of drug-likeness (QED) is 0.508. The summed E-state index contributed by atoms with van der Waals surface area (Å²) in [7, 11) is 0. The lowest BCUT2D eigenvalue weighted by atomic mass is 9.97. The van der Waals surface area contributed by atoms with Gasteiger partial charge in [0.1, 0.15) is 0 Å². The van der Waals surface area contributed by atoms with Gasteiger partial charge in [-0.1, -0.05) is 85.3 Å². The molecule has 28 heavy (non-hydrogen) atoms. The average Bonchev–Trinajstić information content (AvgIpc) is 2.70. The molecule has 3 aromatic rings. The van der Waals surface area contributed by atoms with Crippen LogP contribution in [0.25, 0.3) is 12.2 Å². The second-order valence-corrected chi connectivity index (χ2v) is 7.39. The van der Waals surface area contributed by atoms with Gasteiger partial charge in [-0.2, -0.15) is 0 Å². The Labute approximate surface area is 167 Å². The number of carbonyl (C=O) groups is 1. The van der Waals surface area contributed by atoms with E-state index in [-0.39, 0.29) is 11.8 Å². The van der Waals surface area contributed by atoms with Crippen LogP contribution in [0, 0.1) is 19.8 Å². The van der Waals surface area contributed by atoms with Gasteiger partial charge in [-0.25, -0.2) is 0 Å². The highest BCUT2D eigenvalue weighted by atomic mass is 16.1. The Balaban J connectivity index is 1.58. The summed E-state index contributed by atoms with van der Waals surface area (Å²) in [6.45, 7) is 6.14. The average molecular weight is 370 g/mol. The van der Waals surface area contributed by atoms with Crippen LogP contribution in [-0.4, -0.2) is 5.91 Å². The summed E-state index contributed by atoms with van der Waals surface area (Å²) in [5.74, 6) is -0.0339. The summed E-state index contributed by atoms with van der Waals surface area (Å²) in [5, 5.41) is 3.03. The Hall–Kier alpha value is -3.13. The van der Waals surface area contributed by atoms with E-state index < -0.39 is 0 Å². The van der Waals surface area contributed by atoms with Crippen molar-refractivity contribution in [3.63, 3.8) is 0 Å². The lowest BCUT2D eigenvalue weighted by molar-refractivity contribution is -0.119. The Kier molecular flexibility index (Phi) is 6.44. The van der Waals surface area contributed by atoms with Crippen LogP contribution in [0.1, 0.15) is 34.7 Å². The molecular formula is C26H27NO. The molecule has 1 N–H and O–H groups in total. The molecule has 0 aliphatic rings. The number of amides is 1. The number of hydrogen-bond donors (Lipinski definition) is 1. The fourth-order valence-electron chi connectivity index (χ4n) is 3.07. The third-order valence-electron chi connectivity index (χ3n) is 4.96. The molecule has 3 rings (SSSR count). The van der Waals surface area contributed by atoms with Gasteiger partial charge in [-0.3, -0.25) is 4.79 Å². The molecule has 0 unspecified atom stereocenters. The van der Waals surface area contributed by atoms with Crippen LogP contribution in [-0.2, 0) is 11.2 Å². The number of carbonyl (C=O) groups excluding carboxylic acids is 1. The van der Waals surface area contributed by atoms with E-state index in [4.69, 9.17) is 0 Å². The molecule has 142 valence electrons. The number of nitrogens with one attached hydrogen (secondary N) is 1. The SMILES string of the molecule is Cc1ccc(/C=C/c2ccc(NC(=O)[C@@H](C)Cc3ccccc3C)cc2)cc1. The van der Waals surface area contributed by atoms with E-state index in [0.717, 1.165) is 17.7 Å². The van der Waals surface area contributed by atoms with E-state index in [1.807, 2.05) is 43.3 Å². The highest BCUT2D eigenvalue weighted by Crippen LogP contribution is 2.17. The van der Waals surface area contributed by atoms with E-state index in [2.05, 4.69) is 67.7 Å². The highest BCUT2D eigenvalue weighted by Gasteiger charge is 2.14. The van der Waals surface area contributed by atoms with E-state index in [1.54, 1.807) is 0 Å². The van der Waals surface area contributed by atoms with Crippen molar-refractivity contribution in [1.82, 2.24) is 0 Å². The summed E-state index contributed by atoms with van der Waals surface area (Å²) < 4.78 is 0. The van der Waals surface area contributed by atoms with Crippen molar-refractivity contribution in [2.75, 3.05) is 5.32 Å². The van der Waals surface area contributed by atoms with E-state index >= 15 is 0 Å². The maximum absolute atomic E-state index is 12.5. The van der Waals surface area contributed by atoms with Gasteiger partial charge in [0.2, 0.25) is 5.91 Å². The summed E-state index contributed by atoms with van der Waals surface area (Å²) in [6.07, 6.45) is 4.92. The third kappa shape index (κ3) is 5.43. The summed E-state index contributed by atoms with van der Waals surface area (Å²) >= 11 is 0. The minimum atomic E-state index is -0.0813. The zero-order valence-corrected chi connectivity index (χ0v) is 16.8. The van der Waals surface area contributed by atoms with Crippen LogP contribution in [0.2, 0.25) is 0 Å². The largest absolute Gasteiger partial charge is 0.326 e. The molecule has 0 fully saturated rings. The first kappa shape index (κ1) is 19.6. The van der Waals surface area contributed by atoms with Crippen LogP contribution in [0.3, 0.4) is 0 Å². The molecule has 0 spiro atoms. The first-order valence-electron chi connectivity index (χ1n) is 9.71. The van der Waals surface area contributed by atoms with E-state index in [0.29, 0.717) is 0 Å². The van der Waals surface area contributed by atoms with Crippen molar-refractivity contribution in [3.8, 4) is 0 Å². The maximum Gasteiger partial charge on any atom is 0.227 e. The molecule has 0 aliphatic carbocycles. The van der Waals surface area contributed by atoms with Crippen LogP contribution in [0.15, 0.2) is 72.8 Å². The van der Waals surface area contributed by atoms with Crippen LogP contribution < -0.4 is 5.32 Å². The summed E-state index contributed by atoms with van der Waals surface area (Å²) in [6, 6.07) is 24.6.